The van der Waals surface area contributed by atoms with Crippen molar-refractivity contribution in [1.29, 1.82) is 0 Å². The lowest BCUT2D eigenvalue weighted by molar-refractivity contribution is 1.05. The number of nitrogens with two attached hydrogens (primary N) is 1. The van der Waals surface area contributed by atoms with Crippen molar-refractivity contribution >= 4 is 11.4 Å². The summed E-state index contributed by atoms with van der Waals surface area (Å²) >= 11 is 0. The molecule has 0 spiro atoms. The van der Waals surface area contributed by atoms with Gasteiger partial charge in [0.1, 0.15) is 0 Å². The number of hydrogen-bond donors (Lipinski definition) is 1. The predicted molar refractivity (Wildman–Crippen MR) is 57.7 cm³/mol. The Kier molecular flexibility index (Phi) is 2.81. The van der Waals surface area contributed by atoms with E-state index >= 15 is 0 Å². The molecule has 0 amide bonds. The van der Waals surface area contributed by atoms with E-state index in [2.05, 4.69) is 5.92 Å². The molecule has 1 aromatic rings. The summed E-state index contributed by atoms with van der Waals surface area (Å²) in [5.41, 5.74) is 8.76. The number of rotatable bonds is 2. The minimum absolute atomic E-state index is 0.577. The average Bonchev–Trinajstić information content (AvgIpc) is 2.09. The van der Waals surface area contributed by atoms with Crippen LogP contribution in [0.5, 0.6) is 0 Å². The minimum atomic E-state index is 0.577. The zero-order valence-corrected chi connectivity index (χ0v) is 8.04. The molecule has 0 aliphatic heterocycles. The molecule has 13 heavy (non-hydrogen) atoms. The van der Waals surface area contributed by atoms with Crippen LogP contribution in [0.1, 0.15) is 5.56 Å². The number of anilines is 2. The first-order valence-electron chi connectivity index (χ1n) is 4.16. The van der Waals surface area contributed by atoms with E-state index in [1.165, 1.54) is 5.56 Å². The molecule has 1 rings (SSSR count). The smallest absolute Gasteiger partial charge is 0.0789 e. The third kappa shape index (κ3) is 2.16. The summed E-state index contributed by atoms with van der Waals surface area (Å²) in [6, 6.07) is 5.92. The molecule has 2 heteroatoms. The van der Waals surface area contributed by atoms with Gasteiger partial charge in [-0.25, -0.2) is 0 Å². The molecule has 0 radical (unpaired) electrons. The summed E-state index contributed by atoms with van der Waals surface area (Å²) in [6.07, 6.45) is 5.22. The van der Waals surface area contributed by atoms with Crippen molar-refractivity contribution in [2.45, 2.75) is 6.92 Å². The Bertz CT molecular complexity index is 336. The quantitative estimate of drug-likeness (QED) is 0.545. The Morgan fingerprint density at radius 2 is 2.23 bits per heavy atom. The molecule has 68 valence electrons. The van der Waals surface area contributed by atoms with E-state index in [0.29, 0.717) is 6.54 Å². The summed E-state index contributed by atoms with van der Waals surface area (Å²) < 4.78 is 0. The molecule has 0 fully saturated rings. The molecule has 0 bridgehead atoms. The van der Waals surface area contributed by atoms with Gasteiger partial charge in [0.25, 0.3) is 0 Å². The lowest BCUT2D eigenvalue weighted by Gasteiger charge is -2.18. The topological polar surface area (TPSA) is 29.3 Å². The van der Waals surface area contributed by atoms with Gasteiger partial charge in [-0.2, -0.15) is 0 Å². The van der Waals surface area contributed by atoms with Crippen molar-refractivity contribution in [1.82, 2.24) is 0 Å². The van der Waals surface area contributed by atoms with E-state index in [4.69, 9.17) is 12.2 Å². The van der Waals surface area contributed by atoms with Gasteiger partial charge >= 0.3 is 0 Å². The van der Waals surface area contributed by atoms with Crippen LogP contribution >= 0.6 is 0 Å². The van der Waals surface area contributed by atoms with Crippen LogP contribution in [-0.2, 0) is 0 Å². The summed E-state index contributed by atoms with van der Waals surface area (Å²) in [5, 5.41) is 0. The maximum atomic E-state index is 5.81. The summed E-state index contributed by atoms with van der Waals surface area (Å²) in [7, 11) is 1.94. The number of hydrogen-bond acceptors (Lipinski definition) is 2. The van der Waals surface area contributed by atoms with Gasteiger partial charge in [0.15, 0.2) is 0 Å². The lowest BCUT2D eigenvalue weighted by atomic mass is 10.2. The monoisotopic (exact) mass is 174 g/mol. The van der Waals surface area contributed by atoms with Crippen LogP contribution in [0.4, 0.5) is 11.4 Å². The van der Waals surface area contributed by atoms with E-state index in [0.717, 1.165) is 11.4 Å². The van der Waals surface area contributed by atoms with Gasteiger partial charge in [0.05, 0.1) is 17.9 Å². The predicted octanol–water partition coefficient (Wildman–Crippen LogP) is 1.65. The van der Waals surface area contributed by atoms with Gasteiger partial charge in [0, 0.05) is 7.05 Å². The Morgan fingerprint density at radius 3 is 2.85 bits per heavy atom. The molecular weight excluding hydrogens is 160 g/mol. The number of terminal acetylenes is 1. The third-order valence-corrected chi connectivity index (χ3v) is 1.93. The molecule has 0 heterocycles. The highest BCUT2D eigenvalue weighted by Crippen LogP contribution is 2.22. The normalized spacial score (nSPS) is 9.31. The van der Waals surface area contributed by atoms with Gasteiger partial charge in [0.2, 0.25) is 0 Å². The maximum Gasteiger partial charge on any atom is 0.0789 e. The molecule has 0 saturated heterocycles. The molecule has 2 nitrogen and oxygen atoms in total. The van der Waals surface area contributed by atoms with Crippen LogP contribution in [0, 0.1) is 19.3 Å². The molecule has 0 saturated carbocycles. The fourth-order valence-electron chi connectivity index (χ4n) is 1.21. The fourth-order valence-corrected chi connectivity index (χ4v) is 1.21. The number of aryl methyl sites for hydroxylation is 1. The molecule has 0 aromatic heterocycles. The fraction of sp³-hybridized carbons (Fsp3) is 0.273. The van der Waals surface area contributed by atoms with Crippen LogP contribution < -0.4 is 10.6 Å². The first kappa shape index (κ1) is 9.47. The second kappa shape index (κ2) is 3.86. The van der Waals surface area contributed by atoms with Crippen LogP contribution in [0.2, 0.25) is 0 Å². The zero-order chi connectivity index (χ0) is 9.84. The number of nitrogen functional groups attached to an aromatic ring is 1. The van der Waals surface area contributed by atoms with Crippen LogP contribution in [0.25, 0.3) is 0 Å². The first-order valence-corrected chi connectivity index (χ1v) is 4.16. The highest BCUT2D eigenvalue weighted by molar-refractivity contribution is 5.68. The van der Waals surface area contributed by atoms with Crippen molar-refractivity contribution < 1.29 is 0 Å². The van der Waals surface area contributed by atoms with Crippen molar-refractivity contribution in [3.63, 3.8) is 0 Å². The highest BCUT2D eigenvalue weighted by Gasteiger charge is 2.03. The molecule has 0 aliphatic carbocycles. The van der Waals surface area contributed by atoms with Gasteiger partial charge in [-0.05, 0) is 24.6 Å². The molecular formula is C11H14N2. The van der Waals surface area contributed by atoms with Gasteiger partial charge in [-0.3, -0.25) is 0 Å². The Hall–Kier alpha value is -1.62. The standard InChI is InChI=1S/C11H14N2/c1-4-7-13(3)11-8-9(2)5-6-10(11)12/h1,5-6,8H,7,12H2,2-3H3. The van der Waals surface area contributed by atoms with Crippen molar-refractivity contribution in [2.75, 3.05) is 24.2 Å². The van der Waals surface area contributed by atoms with Gasteiger partial charge < -0.3 is 10.6 Å². The van der Waals surface area contributed by atoms with Crippen LogP contribution in [0.15, 0.2) is 18.2 Å². The first-order chi connectivity index (χ1) is 6.15. The summed E-state index contributed by atoms with van der Waals surface area (Å²) in [5.74, 6) is 2.58. The largest absolute Gasteiger partial charge is 0.397 e. The maximum absolute atomic E-state index is 5.81. The molecule has 0 unspecified atom stereocenters. The Morgan fingerprint density at radius 1 is 1.54 bits per heavy atom. The van der Waals surface area contributed by atoms with E-state index in [-0.39, 0.29) is 0 Å². The molecule has 0 atom stereocenters. The van der Waals surface area contributed by atoms with E-state index in [1.54, 1.807) is 0 Å². The summed E-state index contributed by atoms with van der Waals surface area (Å²) in [6.45, 7) is 2.61. The second-order valence-electron chi connectivity index (χ2n) is 3.12. The SMILES string of the molecule is C#CCN(C)c1cc(C)ccc1N. The number of nitrogens with zero attached hydrogens (tertiary/aromatic N) is 1. The van der Waals surface area contributed by atoms with Crippen molar-refractivity contribution in [3.05, 3.63) is 23.8 Å². The second-order valence-corrected chi connectivity index (χ2v) is 3.12. The Labute approximate surface area is 79.4 Å². The van der Waals surface area contributed by atoms with E-state index in [1.807, 2.05) is 37.1 Å². The molecule has 2 N–H and O–H groups in total. The Balaban J connectivity index is 3.00. The van der Waals surface area contributed by atoms with Crippen LogP contribution in [0.3, 0.4) is 0 Å². The molecule has 1 aromatic carbocycles. The lowest BCUT2D eigenvalue weighted by Crippen LogP contribution is -2.18. The minimum Gasteiger partial charge on any atom is -0.397 e. The average molecular weight is 174 g/mol. The van der Waals surface area contributed by atoms with Crippen molar-refractivity contribution in [2.24, 2.45) is 0 Å². The van der Waals surface area contributed by atoms with Crippen LogP contribution in [-0.4, -0.2) is 13.6 Å². The third-order valence-electron chi connectivity index (χ3n) is 1.93. The van der Waals surface area contributed by atoms with Gasteiger partial charge in [-0.15, -0.1) is 6.42 Å². The summed E-state index contributed by atoms with van der Waals surface area (Å²) in [4.78, 5) is 1.96. The van der Waals surface area contributed by atoms with E-state index in [9.17, 15) is 0 Å². The number of benzene rings is 1. The van der Waals surface area contributed by atoms with E-state index < -0.39 is 0 Å². The zero-order valence-electron chi connectivity index (χ0n) is 8.04. The van der Waals surface area contributed by atoms with Crippen molar-refractivity contribution in [3.8, 4) is 12.3 Å². The van der Waals surface area contributed by atoms with Gasteiger partial charge in [-0.1, -0.05) is 12.0 Å². The highest BCUT2D eigenvalue weighted by atomic mass is 15.1. The molecule has 0 aliphatic rings.